The number of aromatic nitrogens is 1. The normalized spacial score (nSPS) is 13.1. The summed E-state index contributed by atoms with van der Waals surface area (Å²) in [6, 6.07) is 9.50. The maximum Gasteiger partial charge on any atom is 0.242 e. The Balaban J connectivity index is 2.28. The lowest BCUT2D eigenvalue weighted by molar-refractivity contribution is 0.563. The van der Waals surface area contributed by atoms with E-state index in [2.05, 4.69) is 25.6 Å². The number of nitrogens with one attached hydrogen (secondary N) is 1. The molecule has 0 fully saturated rings. The van der Waals surface area contributed by atoms with Gasteiger partial charge < -0.3 is 5.73 Å². The van der Waals surface area contributed by atoms with E-state index in [1.54, 1.807) is 37.4 Å². The Morgan fingerprint density at radius 2 is 2.05 bits per heavy atom. The second kappa shape index (κ2) is 5.90. The molecule has 0 radical (unpaired) electrons. The molecule has 106 valence electrons. The summed E-state index contributed by atoms with van der Waals surface area (Å²) in [5, 5.41) is 0. The largest absolute Gasteiger partial charge is 0.399 e. The molecule has 7 heteroatoms. The molecule has 1 heterocycles. The second-order valence-electron chi connectivity index (χ2n) is 4.29. The van der Waals surface area contributed by atoms with Gasteiger partial charge in [-0.25, -0.2) is 13.1 Å². The van der Waals surface area contributed by atoms with Crippen LogP contribution in [0.1, 0.15) is 18.7 Å². The van der Waals surface area contributed by atoms with Crippen LogP contribution in [0.5, 0.6) is 0 Å². The van der Waals surface area contributed by atoms with E-state index in [1.165, 1.54) is 6.07 Å². The molecule has 0 aliphatic heterocycles. The average Bonchev–Trinajstić information content (AvgIpc) is 2.38. The van der Waals surface area contributed by atoms with Gasteiger partial charge in [-0.15, -0.1) is 0 Å². The topological polar surface area (TPSA) is 85.1 Å². The maximum absolute atomic E-state index is 12.3. The summed E-state index contributed by atoms with van der Waals surface area (Å²) < 4.78 is 27.7. The van der Waals surface area contributed by atoms with Crippen molar-refractivity contribution >= 4 is 31.6 Å². The summed E-state index contributed by atoms with van der Waals surface area (Å²) in [6.07, 6.45) is 1.62. The molecule has 5 nitrogen and oxygen atoms in total. The standard InChI is InChI=1S/C13H14BrN3O2S/c1-9(12-4-2-3-7-16-12)17-20(18,19)13-6-5-10(15)8-11(13)14/h2-9,17H,15H2,1H3. The van der Waals surface area contributed by atoms with E-state index < -0.39 is 16.1 Å². The number of nitrogens with zero attached hydrogens (tertiary/aromatic N) is 1. The monoisotopic (exact) mass is 355 g/mol. The van der Waals surface area contributed by atoms with Crippen molar-refractivity contribution < 1.29 is 8.42 Å². The number of hydrogen-bond acceptors (Lipinski definition) is 4. The summed E-state index contributed by atoms with van der Waals surface area (Å²) in [6.45, 7) is 1.74. The van der Waals surface area contributed by atoms with Gasteiger partial charge in [0.15, 0.2) is 0 Å². The van der Waals surface area contributed by atoms with E-state index >= 15 is 0 Å². The van der Waals surface area contributed by atoms with Crippen molar-refractivity contribution in [2.75, 3.05) is 5.73 Å². The minimum Gasteiger partial charge on any atom is -0.399 e. The smallest absolute Gasteiger partial charge is 0.242 e. The van der Waals surface area contributed by atoms with Crippen LogP contribution in [0, 0.1) is 0 Å². The molecule has 3 N–H and O–H groups in total. The third-order valence-electron chi connectivity index (χ3n) is 2.71. The van der Waals surface area contributed by atoms with Gasteiger partial charge in [0.25, 0.3) is 0 Å². The van der Waals surface area contributed by atoms with Crippen LogP contribution in [0.15, 0.2) is 52.0 Å². The van der Waals surface area contributed by atoms with Gasteiger partial charge >= 0.3 is 0 Å². The van der Waals surface area contributed by atoms with E-state index in [9.17, 15) is 8.42 Å². The fourth-order valence-corrected chi connectivity index (χ4v) is 4.04. The van der Waals surface area contributed by atoms with Crippen molar-refractivity contribution in [1.82, 2.24) is 9.71 Å². The van der Waals surface area contributed by atoms with Gasteiger partial charge in [0.1, 0.15) is 0 Å². The van der Waals surface area contributed by atoms with Gasteiger partial charge in [-0.1, -0.05) is 6.07 Å². The first-order valence-electron chi connectivity index (χ1n) is 5.88. The summed E-state index contributed by atoms with van der Waals surface area (Å²) >= 11 is 3.21. The maximum atomic E-state index is 12.3. The molecule has 0 spiro atoms. The van der Waals surface area contributed by atoms with Crippen molar-refractivity contribution in [2.45, 2.75) is 17.9 Å². The minimum absolute atomic E-state index is 0.148. The molecular formula is C13H14BrN3O2S. The lowest BCUT2D eigenvalue weighted by atomic mass is 10.2. The molecular weight excluding hydrogens is 342 g/mol. The lowest BCUT2D eigenvalue weighted by Gasteiger charge is -2.14. The van der Waals surface area contributed by atoms with Crippen LogP contribution in [-0.4, -0.2) is 13.4 Å². The van der Waals surface area contributed by atoms with Crippen molar-refractivity contribution in [3.8, 4) is 0 Å². The third-order valence-corrected chi connectivity index (χ3v) is 5.23. The van der Waals surface area contributed by atoms with Gasteiger partial charge in [0.05, 0.1) is 16.6 Å². The number of halogens is 1. The molecule has 0 saturated carbocycles. The first-order chi connectivity index (χ1) is 9.40. The van der Waals surface area contributed by atoms with Crippen molar-refractivity contribution in [3.63, 3.8) is 0 Å². The summed E-state index contributed by atoms with van der Waals surface area (Å²) in [4.78, 5) is 4.28. The summed E-state index contributed by atoms with van der Waals surface area (Å²) in [5.41, 5.74) is 6.76. The van der Waals surface area contributed by atoms with E-state index in [4.69, 9.17) is 5.73 Å². The Hall–Kier alpha value is -1.44. The van der Waals surface area contributed by atoms with Gasteiger partial charge in [0.2, 0.25) is 10.0 Å². The highest BCUT2D eigenvalue weighted by molar-refractivity contribution is 9.10. The van der Waals surface area contributed by atoms with Crippen LogP contribution in [-0.2, 0) is 10.0 Å². The van der Waals surface area contributed by atoms with Gasteiger partial charge in [0, 0.05) is 16.4 Å². The molecule has 0 bridgehead atoms. The van der Waals surface area contributed by atoms with E-state index in [0.29, 0.717) is 15.9 Å². The Labute approximate surface area is 126 Å². The zero-order valence-electron chi connectivity index (χ0n) is 10.7. The summed E-state index contributed by atoms with van der Waals surface area (Å²) in [7, 11) is -3.65. The zero-order valence-corrected chi connectivity index (χ0v) is 13.1. The second-order valence-corrected chi connectivity index (χ2v) is 6.82. The minimum atomic E-state index is -3.65. The van der Waals surface area contributed by atoms with Crippen molar-refractivity contribution in [3.05, 3.63) is 52.8 Å². The molecule has 0 saturated heterocycles. The molecule has 1 aromatic carbocycles. The predicted molar refractivity (Wildman–Crippen MR) is 81.5 cm³/mol. The highest BCUT2D eigenvalue weighted by Crippen LogP contribution is 2.25. The fourth-order valence-electron chi connectivity index (χ4n) is 1.72. The molecule has 2 rings (SSSR count). The molecule has 0 amide bonds. The van der Waals surface area contributed by atoms with Crippen LogP contribution in [0.2, 0.25) is 0 Å². The van der Waals surface area contributed by atoms with E-state index in [1.807, 2.05) is 6.07 Å². The van der Waals surface area contributed by atoms with Crippen LogP contribution < -0.4 is 10.5 Å². The number of rotatable bonds is 4. The van der Waals surface area contributed by atoms with Gasteiger partial charge in [-0.3, -0.25) is 4.98 Å². The number of anilines is 1. The highest BCUT2D eigenvalue weighted by Gasteiger charge is 2.21. The Bertz CT molecular complexity index is 705. The average molecular weight is 356 g/mol. The zero-order chi connectivity index (χ0) is 14.8. The predicted octanol–water partition coefficient (Wildman–Crippen LogP) is 2.47. The number of nitrogen functional groups attached to an aromatic ring is 1. The van der Waals surface area contributed by atoms with E-state index in [0.717, 1.165) is 0 Å². The van der Waals surface area contributed by atoms with Crippen LogP contribution in [0.4, 0.5) is 5.69 Å². The van der Waals surface area contributed by atoms with Crippen molar-refractivity contribution in [2.24, 2.45) is 0 Å². The molecule has 0 aliphatic carbocycles. The third kappa shape index (κ3) is 3.36. The Morgan fingerprint density at radius 1 is 1.30 bits per heavy atom. The Kier molecular flexibility index (Phi) is 4.42. The molecule has 1 aromatic heterocycles. The molecule has 0 aliphatic rings. The molecule has 1 unspecified atom stereocenters. The van der Waals surface area contributed by atoms with Crippen LogP contribution in [0.3, 0.4) is 0 Å². The lowest BCUT2D eigenvalue weighted by Crippen LogP contribution is -2.27. The number of hydrogen-bond donors (Lipinski definition) is 2. The first-order valence-corrected chi connectivity index (χ1v) is 8.16. The van der Waals surface area contributed by atoms with Crippen LogP contribution >= 0.6 is 15.9 Å². The Morgan fingerprint density at radius 3 is 2.65 bits per heavy atom. The van der Waals surface area contributed by atoms with Gasteiger partial charge in [-0.2, -0.15) is 0 Å². The SMILES string of the molecule is CC(NS(=O)(=O)c1ccc(N)cc1Br)c1ccccn1. The van der Waals surface area contributed by atoms with Crippen molar-refractivity contribution in [1.29, 1.82) is 0 Å². The number of pyridine rings is 1. The number of sulfonamides is 1. The van der Waals surface area contributed by atoms with Gasteiger partial charge in [-0.05, 0) is 53.2 Å². The molecule has 20 heavy (non-hydrogen) atoms. The molecule has 2 aromatic rings. The quantitative estimate of drug-likeness (QED) is 0.825. The fraction of sp³-hybridized carbons (Fsp3) is 0.154. The summed E-state index contributed by atoms with van der Waals surface area (Å²) in [5.74, 6) is 0. The van der Waals surface area contributed by atoms with E-state index in [-0.39, 0.29) is 4.90 Å². The van der Waals surface area contributed by atoms with Crippen LogP contribution in [0.25, 0.3) is 0 Å². The number of benzene rings is 1. The number of nitrogens with two attached hydrogens (primary N) is 1. The highest BCUT2D eigenvalue weighted by atomic mass is 79.9. The first kappa shape index (κ1) is 15.0. The molecule has 1 atom stereocenters.